The van der Waals surface area contributed by atoms with Gasteiger partial charge in [0.15, 0.2) is 5.54 Å². The maximum atomic E-state index is 13.7. The Morgan fingerprint density at radius 2 is 1.45 bits per heavy atom. The summed E-state index contributed by atoms with van der Waals surface area (Å²) in [6.07, 6.45) is 0.687. The van der Waals surface area contributed by atoms with Crippen molar-refractivity contribution in [3.05, 3.63) is 107 Å². The number of hydrogen-bond donors (Lipinski definition) is 2. The quantitative estimate of drug-likeness (QED) is 0.543. The van der Waals surface area contributed by atoms with Gasteiger partial charge in [0.1, 0.15) is 6.54 Å². The molecule has 1 unspecified atom stereocenters. The first-order valence-electron chi connectivity index (χ1n) is 11.1. The van der Waals surface area contributed by atoms with E-state index in [1.807, 2.05) is 74.5 Å². The van der Waals surface area contributed by atoms with Gasteiger partial charge in [0.25, 0.3) is 5.91 Å². The molecule has 1 fully saturated rings. The summed E-state index contributed by atoms with van der Waals surface area (Å²) in [4.78, 5) is 40.6. The Bertz CT molecular complexity index is 1100. The van der Waals surface area contributed by atoms with E-state index in [-0.39, 0.29) is 18.5 Å². The van der Waals surface area contributed by atoms with Gasteiger partial charge >= 0.3 is 6.03 Å². The molecule has 0 bridgehead atoms. The Kier molecular flexibility index (Phi) is 6.27. The van der Waals surface area contributed by atoms with Gasteiger partial charge in [-0.05, 0) is 30.0 Å². The lowest BCUT2D eigenvalue weighted by Crippen LogP contribution is -2.46. The number of amides is 4. The minimum atomic E-state index is -1.37. The van der Waals surface area contributed by atoms with E-state index in [9.17, 15) is 14.4 Å². The number of rotatable bonds is 7. The molecule has 1 saturated heterocycles. The van der Waals surface area contributed by atoms with Gasteiger partial charge in [0.2, 0.25) is 5.91 Å². The van der Waals surface area contributed by atoms with Crippen LogP contribution in [-0.4, -0.2) is 29.3 Å². The molecule has 0 aromatic heterocycles. The van der Waals surface area contributed by atoms with E-state index in [0.29, 0.717) is 17.5 Å². The summed E-state index contributed by atoms with van der Waals surface area (Å²) in [5, 5.41) is 5.83. The van der Waals surface area contributed by atoms with Gasteiger partial charge in [-0.25, -0.2) is 4.79 Å². The second kappa shape index (κ2) is 9.28. The van der Waals surface area contributed by atoms with Crippen LogP contribution in [0.25, 0.3) is 0 Å². The van der Waals surface area contributed by atoms with Crippen molar-refractivity contribution in [2.45, 2.75) is 31.8 Å². The van der Waals surface area contributed by atoms with Gasteiger partial charge in [-0.2, -0.15) is 0 Å². The Morgan fingerprint density at radius 3 is 1.97 bits per heavy atom. The molecule has 1 heterocycles. The topological polar surface area (TPSA) is 78.5 Å². The lowest BCUT2D eigenvalue weighted by atomic mass is 9.82. The fraction of sp³-hybridized carbons (Fsp3) is 0.222. The molecule has 33 heavy (non-hydrogen) atoms. The largest absolute Gasteiger partial charge is 0.348 e. The molecular formula is C27H27N3O3. The summed E-state index contributed by atoms with van der Waals surface area (Å²) in [6, 6.07) is 25.4. The van der Waals surface area contributed by atoms with Gasteiger partial charge < -0.3 is 10.6 Å². The molecule has 168 valence electrons. The zero-order valence-electron chi connectivity index (χ0n) is 18.7. The predicted molar refractivity (Wildman–Crippen MR) is 126 cm³/mol. The Labute approximate surface area is 193 Å². The van der Waals surface area contributed by atoms with Crippen LogP contribution in [0.1, 0.15) is 41.6 Å². The van der Waals surface area contributed by atoms with Gasteiger partial charge in [0, 0.05) is 0 Å². The third kappa shape index (κ3) is 4.24. The number of carbonyl (C=O) groups excluding carboxylic acids is 3. The lowest BCUT2D eigenvalue weighted by Gasteiger charge is -2.28. The number of imide groups is 1. The van der Waals surface area contributed by atoms with Crippen molar-refractivity contribution >= 4 is 17.8 Å². The Balaban J connectivity index is 1.59. The van der Waals surface area contributed by atoms with Crippen molar-refractivity contribution in [1.82, 2.24) is 15.5 Å². The molecule has 0 aliphatic carbocycles. The minimum Gasteiger partial charge on any atom is -0.348 e. The van der Waals surface area contributed by atoms with Gasteiger partial charge in [-0.15, -0.1) is 0 Å². The molecule has 1 atom stereocenters. The van der Waals surface area contributed by atoms with Crippen LogP contribution >= 0.6 is 0 Å². The highest BCUT2D eigenvalue weighted by Crippen LogP contribution is 2.35. The third-order valence-electron chi connectivity index (χ3n) is 6.04. The van der Waals surface area contributed by atoms with Crippen molar-refractivity contribution in [2.24, 2.45) is 0 Å². The van der Waals surface area contributed by atoms with Crippen LogP contribution in [0.3, 0.4) is 0 Å². The molecule has 0 spiro atoms. The summed E-state index contributed by atoms with van der Waals surface area (Å²) in [7, 11) is 0. The van der Waals surface area contributed by atoms with E-state index >= 15 is 0 Å². The highest BCUT2D eigenvalue weighted by atomic mass is 16.2. The zero-order chi connectivity index (χ0) is 23.4. The maximum absolute atomic E-state index is 13.7. The standard InChI is InChI=1S/C27H27N3O3/c1-3-23(20-16-14-19(2)15-17-20)28-24(31)18-30-25(32)27(29-26(30)33,21-10-6-4-7-11-21)22-12-8-5-9-13-22/h4-17,23H,3,18H2,1-2H3,(H,28,31)(H,29,33). The van der Waals surface area contributed by atoms with E-state index in [1.54, 1.807) is 24.3 Å². The van der Waals surface area contributed by atoms with Gasteiger partial charge in [-0.1, -0.05) is 97.4 Å². The Morgan fingerprint density at radius 1 is 0.909 bits per heavy atom. The van der Waals surface area contributed by atoms with Crippen LogP contribution < -0.4 is 10.6 Å². The second-order valence-corrected chi connectivity index (χ2v) is 8.24. The molecule has 6 heteroatoms. The molecule has 6 nitrogen and oxygen atoms in total. The number of hydrogen-bond acceptors (Lipinski definition) is 3. The first-order chi connectivity index (χ1) is 16.0. The number of urea groups is 1. The average Bonchev–Trinajstić information content (AvgIpc) is 3.10. The number of carbonyl (C=O) groups is 3. The van der Waals surface area contributed by atoms with Crippen molar-refractivity contribution < 1.29 is 14.4 Å². The summed E-state index contributed by atoms with van der Waals surface area (Å²) >= 11 is 0. The predicted octanol–water partition coefficient (Wildman–Crippen LogP) is 4.06. The van der Waals surface area contributed by atoms with Crippen molar-refractivity contribution in [1.29, 1.82) is 0 Å². The van der Waals surface area contributed by atoms with E-state index in [1.165, 1.54) is 0 Å². The van der Waals surface area contributed by atoms with Crippen molar-refractivity contribution in [3.63, 3.8) is 0 Å². The fourth-order valence-corrected chi connectivity index (χ4v) is 4.26. The molecule has 0 saturated carbocycles. The average molecular weight is 442 g/mol. The van der Waals surface area contributed by atoms with E-state index in [2.05, 4.69) is 10.6 Å². The third-order valence-corrected chi connectivity index (χ3v) is 6.04. The van der Waals surface area contributed by atoms with Crippen LogP contribution in [0.4, 0.5) is 4.79 Å². The molecule has 2 N–H and O–H groups in total. The first-order valence-corrected chi connectivity index (χ1v) is 11.1. The molecule has 0 radical (unpaired) electrons. The molecule has 4 amide bonds. The maximum Gasteiger partial charge on any atom is 0.326 e. The van der Waals surface area contributed by atoms with E-state index < -0.39 is 17.5 Å². The fourth-order valence-electron chi connectivity index (χ4n) is 4.26. The first kappa shape index (κ1) is 22.3. The Hall–Kier alpha value is -3.93. The second-order valence-electron chi connectivity index (χ2n) is 8.24. The SMILES string of the molecule is CCC(NC(=O)CN1C(=O)NC(c2ccccc2)(c2ccccc2)C1=O)c1ccc(C)cc1. The van der Waals surface area contributed by atoms with Gasteiger partial charge in [0.05, 0.1) is 6.04 Å². The number of aryl methyl sites for hydroxylation is 1. The summed E-state index contributed by atoms with van der Waals surface area (Å²) in [5.74, 6) is -0.855. The monoisotopic (exact) mass is 441 g/mol. The molecule has 1 aliphatic rings. The lowest BCUT2D eigenvalue weighted by molar-refractivity contribution is -0.134. The summed E-state index contributed by atoms with van der Waals surface area (Å²) in [6.45, 7) is 3.63. The summed E-state index contributed by atoms with van der Waals surface area (Å²) < 4.78 is 0. The summed E-state index contributed by atoms with van der Waals surface area (Å²) in [5.41, 5.74) is 2.03. The van der Waals surface area contributed by atoms with Crippen LogP contribution in [-0.2, 0) is 15.1 Å². The van der Waals surface area contributed by atoms with E-state index in [0.717, 1.165) is 16.0 Å². The number of nitrogens with zero attached hydrogens (tertiary/aromatic N) is 1. The van der Waals surface area contributed by atoms with Gasteiger partial charge in [-0.3, -0.25) is 14.5 Å². The van der Waals surface area contributed by atoms with Crippen molar-refractivity contribution in [3.8, 4) is 0 Å². The highest BCUT2D eigenvalue weighted by Gasteiger charge is 2.54. The van der Waals surface area contributed by atoms with Crippen LogP contribution in [0.15, 0.2) is 84.9 Å². The normalized spacial score (nSPS) is 15.8. The molecule has 4 rings (SSSR count). The van der Waals surface area contributed by atoms with Crippen LogP contribution in [0.2, 0.25) is 0 Å². The van der Waals surface area contributed by atoms with E-state index in [4.69, 9.17) is 0 Å². The number of benzene rings is 3. The molecule has 3 aromatic rings. The van der Waals surface area contributed by atoms with Crippen LogP contribution in [0.5, 0.6) is 0 Å². The number of nitrogens with one attached hydrogen (secondary N) is 2. The highest BCUT2D eigenvalue weighted by molar-refractivity contribution is 6.11. The minimum absolute atomic E-state index is 0.202. The molecular weight excluding hydrogens is 414 g/mol. The molecule has 1 aliphatic heterocycles. The smallest absolute Gasteiger partial charge is 0.326 e. The van der Waals surface area contributed by atoms with Crippen molar-refractivity contribution in [2.75, 3.05) is 6.54 Å². The molecule has 3 aromatic carbocycles. The zero-order valence-corrected chi connectivity index (χ0v) is 18.7. The van der Waals surface area contributed by atoms with Crippen LogP contribution in [0, 0.1) is 6.92 Å².